The van der Waals surface area contributed by atoms with E-state index in [9.17, 15) is 4.57 Å². The smallest absolute Gasteiger partial charge is 0.307 e. The first kappa shape index (κ1) is 15.1. The van der Waals surface area contributed by atoms with E-state index in [0.29, 0.717) is 19.8 Å². The summed E-state index contributed by atoms with van der Waals surface area (Å²) in [5.74, 6) is 0. The Morgan fingerprint density at radius 3 is 2.27 bits per heavy atom. The fourth-order valence-corrected chi connectivity index (χ4v) is 2.18. The van der Waals surface area contributed by atoms with E-state index in [1.54, 1.807) is 20.8 Å². The fourth-order valence-electron chi connectivity index (χ4n) is 0.850. The van der Waals surface area contributed by atoms with Crippen LogP contribution in [0.3, 0.4) is 0 Å². The van der Waals surface area contributed by atoms with Crippen LogP contribution in [-0.2, 0) is 18.1 Å². The maximum absolute atomic E-state index is 11.9. The average molecular weight is 239 g/mol. The van der Waals surface area contributed by atoms with Gasteiger partial charge < -0.3 is 4.90 Å². The van der Waals surface area contributed by atoms with E-state index in [2.05, 4.69) is 0 Å². The molecule has 0 aliphatic carbocycles. The normalized spacial score (nSPS) is 15.9. The zero-order valence-corrected chi connectivity index (χ0v) is 11.1. The lowest BCUT2D eigenvalue weighted by molar-refractivity contribution is 0.0897. The topological polar surface area (TPSA) is 48.0 Å². The van der Waals surface area contributed by atoms with Gasteiger partial charge in [0.1, 0.15) is 0 Å². The fraction of sp³-hybridized carbons (Fsp3) is 1.00. The molecule has 0 saturated heterocycles. The molecule has 0 N–H and O–H groups in total. The number of likely N-dealkylation sites (N-methyl/N-ethyl adjacent to an activating group) is 1. The highest BCUT2D eigenvalue weighted by atomic mass is 31.2. The van der Waals surface area contributed by atoms with Crippen molar-refractivity contribution < 1.29 is 18.1 Å². The Hall–Kier alpha value is 0.0700. The molecule has 0 aliphatic heterocycles. The Morgan fingerprint density at radius 2 is 1.87 bits per heavy atom. The van der Waals surface area contributed by atoms with Crippen molar-refractivity contribution in [1.29, 1.82) is 0 Å². The molecule has 0 aliphatic rings. The molecule has 0 aromatic carbocycles. The van der Waals surface area contributed by atoms with Gasteiger partial charge in [-0.2, -0.15) is 0 Å². The van der Waals surface area contributed by atoms with Gasteiger partial charge in [0.15, 0.2) is 0 Å². The van der Waals surface area contributed by atoms with Crippen LogP contribution in [0.1, 0.15) is 20.8 Å². The molecule has 0 spiro atoms. The molecule has 0 rings (SSSR count). The van der Waals surface area contributed by atoms with E-state index in [-0.39, 0.29) is 6.10 Å². The first-order valence-electron chi connectivity index (χ1n) is 5.12. The minimum absolute atomic E-state index is 0.179. The van der Waals surface area contributed by atoms with E-state index >= 15 is 0 Å². The van der Waals surface area contributed by atoms with Crippen LogP contribution in [0.4, 0.5) is 0 Å². The molecule has 15 heavy (non-hydrogen) atoms. The Bertz CT molecular complexity index is 208. The molecule has 6 heteroatoms. The van der Waals surface area contributed by atoms with E-state index in [1.807, 2.05) is 19.0 Å². The molecule has 1 unspecified atom stereocenters. The quantitative estimate of drug-likeness (QED) is 0.607. The molecule has 0 aromatic rings. The average Bonchev–Trinajstić information content (AvgIpc) is 2.01. The maximum Gasteiger partial charge on any atom is 0.475 e. The van der Waals surface area contributed by atoms with Crippen LogP contribution in [0.15, 0.2) is 0 Å². The summed E-state index contributed by atoms with van der Waals surface area (Å²) in [5, 5.41) is 0. The van der Waals surface area contributed by atoms with Gasteiger partial charge in [0.2, 0.25) is 0 Å². The van der Waals surface area contributed by atoms with Crippen molar-refractivity contribution in [2.75, 3.05) is 33.9 Å². The largest absolute Gasteiger partial charge is 0.475 e. The number of nitrogens with zero attached hydrogens (tertiary/aromatic N) is 1. The second kappa shape index (κ2) is 7.36. The van der Waals surface area contributed by atoms with Gasteiger partial charge >= 0.3 is 7.82 Å². The number of phosphoric acid groups is 1. The third kappa shape index (κ3) is 7.94. The molecule has 92 valence electrons. The van der Waals surface area contributed by atoms with Gasteiger partial charge in [0, 0.05) is 6.54 Å². The van der Waals surface area contributed by atoms with Crippen molar-refractivity contribution >= 4 is 7.82 Å². The zero-order valence-electron chi connectivity index (χ0n) is 10.2. The third-order valence-electron chi connectivity index (χ3n) is 1.42. The Kier molecular flexibility index (Phi) is 7.40. The molecular weight excluding hydrogens is 217 g/mol. The summed E-state index contributed by atoms with van der Waals surface area (Å²) in [6.07, 6.45) is -0.179. The van der Waals surface area contributed by atoms with Crippen molar-refractivity contribution in [2.24, 2.45) is 0 Å². The summed E-state index contributed by atoms with van der Waals surface area (Å²) in [7, 11) is 0.472. The van der Waals surface area contributed by atoms with E-state index in [4.69, 9.17) is 13.6 Å². The Morgan fingerprint density at radius 1 is 1.27 bits per heavy atom. The van der Waals surface area contributed by atoms with Crippen LogP contribution < -0.4 is 0 Å². The van der Waals surface area contributed by atoms with Gasteiger partial charge in [0.05, 0.1) is 19.3 Å². The summed E-state index contributed by atoms with van der Waals surface area (Å²) in [6.45, 7) is 6.66. The first-order chi connectivity index (χ1) is 6.89. The molecule has 0 radical (unpaired) electrons. The van der Waals surface area contributed by atoms with E-state index < -0.39 is 7.82 Å². The van der Waals surface area contributed by atoms with E-state index in [0.717, 1.165) is 0 Å². The number of hydrogen-bond donors (Lipinski definition) is 0. The van der Waals surface area contributed by atoms with Gasteiger partial charge in [-0.25, -0.2) is 4.57 Å². The van der Waals surface area contributed by atoms with Crippen LogP contribution in [0.2, 0.25) is 0 Å². The van der Waals surface area contributed by atoms with Gasteiger partial charge in [-0.05, 0) is 34.9 Å². The van der Waals surface area contributed by atoms with Crippen molar-refractivity contribution in [1.82, 2.24) is 4.90 Å². The standard InChI is InChI=1S/C9H22NO4P/c1-6-12-15(11,14-9(2)3)13-8-7-10(4)5/h9H,6-8H2,1-5H3. The minimum Gasteiger partial charge on any atom is -0.307 e. The highest BCUT2D eigenvalue weighted by Gasteiger charge is 2.27. The van der Waals surface area contributed by atoms with Gasteiger partial charge in [0.25, 0.3) is 0 Å². The maximum atomic E-state index is 11.9. The Balaban J connectivity index is 4.07. The van der Waals surface area contributed by atoms with Gasteiger partial charge in [-0.3, -0.25) is 13.6 Å². The van der Waals surface area contributed by atoms with Crippen molar-refractivity contribution in [3.63, 3.8) is 0 Å². The minimum atomic E-state index is -3.36. The molecule has 0 amide bonds. The summed E-state index contributed by atoms with van der Waals surface area (Å²) in [6, 6.07) is 0. The second-order valence-electron chi connectivity index (χ2n) is 3.66. The highest BCUT2D eigenvalue weighted by Crippen LogP contribution is 2.50. The second-order valence-corrected chi connectivity index (χ2v) is 5.28. The molecular formula is C9H22NO4P. The van der Waals surface area contributed by atoms with Crippen LogP contribution in [0.25, 0.3) is 0 Å². The molecule has 0 heterocycles. The molecule has 0 fully saturated rings. The summed E-state index contributed by atoms with van der Waals surface area (Å²) >= 11 is 0. The van der Waals surface area contributed by atoms with Crippen LogP contribution >= 0.6 is 7.82 Å². The lowest BCUT2D eigenvalue weighted by atomic mass is 10.5. The van der Waals surface area contributed by atoms with Gasteiger partial charge in [-0.1, -0.05) is 0 Å². The van der Waals surface area contributed by atoms with Crippen molar-refractivity contribution in [2.45, 2.75) is 26.9 Å². The summed E-state index contributed by atoms with van der Waals surface area (Å²) in [4.78, 5) is 1.94. The first-order valence-corrected chi connectivity index (χ1v) is 6.58. The Labute approximate surface area is 92.3 Å². The van der Waals surface area contributed by atoms with Crippen LogP contribution in [0.5, 0.6) is 0 Å². The predicted octanol–water partition coefficient (Wildman–Crippen LogP) is 2.13. The molecule has 5 nitrogen and oxygen atoms in total. The van der Waals surface area contributed by atoms with Gasteiger partial charge in [-0.15, -0.1) is 0 Å². The van der Waals surface area contributed by atoms with Crippen LogP contribution in [0, 0.1) is 0 Å². The van der Waals surface area contributed by atoms with Crippen molar-refractivity contribution in [3.8, 4) is 0 Å². The monoisotopic (exact) mass is 239 g/mol. The highest BCUT2D eigenvalue weighted by molar-refractivity contribution is 7.48. The lowest BCUT2D eigenvalue weighted by Gasteiger charge is -2.20. The summed E-state index contributed by atoms with van der Waals surface area (Å²) < 4.78 is 27.2. The van der Waals surface area contributed by atoms with Crippen molar-refractivity contribution in [3.05, 3.63) is 0 Å². The zero-order chi connectivity index (χ0) is 11.9. The SMILES string of the molecule is CCOP(=O)(OCCN(C)C)OC(C)C. The number of hydrogen-bond acceptors (Lipinski definition) is 5. The molecule has 0 saturated carbocycles. The van der Waals surface area contributed by atoms with Crippen LogP contribution in [-0.4, -0.2) is 44.9 Å². The predicted molar refractivity (Wildman–Crippen MR) is 60.0 cm³/mol. The summed E-state index contributed by atoms with van der Waals surface area (Å²) in [5.41, 5.74) is 0. The van der Waals surface area contributed by atoms with E-state index in [1.165, 1.54) is 0 Å². The number of phosphoric ester groups is 1. The number of rotatable bonds is 8. The molecule has 0 bridgehead atoms. The molecule has 0 aromatic heterocycles. The lowest BCUT2D eigenvalue weighted by Crippen LogP contribution is -2.18. The molecule has 1 atom stereocenters. The third-order valence-corrected chi connectivity index (χ3v) is 3.17.